The topological polar surface area (TPSA) is 32.3 Å². The number of likely N-dealkylation sites (N-methyl/N-ethyl adjacent to an activating group) is 1. The predicted molar refractivity (Wildman–Crippen MR) is 76.4 cm³/mol. The number of rotatable bonds is 2. The number of hydrogen-bond acceptors (Lipinski definition) is 2. The van der Waals surface area contributed by atoms with Gasteiger partial charge in [-0.1, -0.05) is 17.7 Å². The first-order valence-electron chi connectivity index (χ1n) is 6.24. The Morgan fingerprint density at radius 3 is 2.89 bits per heavy atom. The molecule has 4 heteroatoms. The summed E-state index contributed by atoms with van der Waals surface area (Å²) in [4.78, 5) is 14.3. The largest absolute Gasteiger partial charge is 0.337 e. The van der Waals surface area contributed by atoms with Crippen LogP contribution in [0.2, 0.25) is 0 Å². The molecule has 1 aromatic rings. The molecule has 0 bridgehead atoms. The summed E-state index contributed by atoms with van der Waals surface area (Å²) in [5.41, 5.74) is 1.94. The monoisotopic (exact) mass is 268 g/mol. The van der Waals surface area contributed by atoms with Crippen molar-refractivity contribution in [1.82, 2.24) is 10.2 Å². The first-order valence-corrected chi connectivity index (χ1v) is 6.24. The lowest BCUT2D eigenvalue weighted by atomic mass is 10.0. The van der Waals surface area contributed by atoms with E-state index in [2.05, 4.69) is 5.32 Å². The van der Waals surface area contributed by atoms with Crippen molar-refractivity contribution in [1.29, 1.82) is 0 Å². The number of piperidine rings is 1. The zero-order chi connectivity index (χ0) is 12.3. The molecule has 1 atom stereocenters. The van der Waals surface area contributed by atoms with Gasteiger partial charge in [0, 0.05) is 24.7 Å². The quantitative estimate of drug-likeness (QED) is 0.892. The molecule has 1 amide bonds. The highest BCUT2D eigenvalue weighted by molar-refractivity contribution is 5.94. The van der Waals surface area contributed by atoms with Gasteiger partial charge in [0.2, 0.25) is 0 Å². The number of hydrogen-bond donors (Lipinski definition) is 1. The maximum atomic E-state index is 12.3. The van der Waals surface area contributed by atoms with Crippen molar-refractivity contribution < 1.29 is 4.79 Å². The minimum Gasteiger partial charge on any atom is -0.337 e. The fourth-order valence-corrected chi connectivity index (χ4v) is 2.36. The average molecular weight is 269 g/mol. The molecule has 1 heterocycles. The number of nitrogens with one attached hydrogen (secondary N) is 1. The summed E-state index contributed by atoms with van der Waals surface area (Å²) in [6.07, 6.45) is 2.25. The molecule has 1 aliphatic rings. The lowest BCUT2D eigenvalue weighted by Gasteiger charge is -2.32. The second-order valence-corrected chi connectivity index (χ2v) is 4.75. The number of nitrogens with zero attached hydrogens (tertiary/aromatic N) is 1. The third-order valence-electron chi connectivity index (χ3n) is 3.38. The molecule has 1 aliphatic heterocycles. The molecule has 3 nitrogen and oxygen atoms in total. The maximum Gasteiger partial charge on any atom is 0.253 e. The number of halogens is 1. The molecule has 0 radical (unpaired) electrons. The summed E-state index contributed by atoms with van der Waals surface area (Å²) < 4.78 is 0. The van der Waals surface area contributed by atoms with Gasteiger partial charge in [-0.15, -0.1) is 12.4 Å². The van der Waals surface area contributed by atoms with Gasteiger partial charge in [0.15, 0.2) is 0 Å². The number of amides is 1. The van der Waals surface area contributed by atoms with E-state index < -0.39 is 0 Å². The van der Waals surface area contributed by atoms with E-state index in [9.17, 15) is 4.79 Å². The molecular weight excluding hydrogens is 248 g/mol. The number of benzene rings is 1. The van der Waals surface area contributed by atoms with Crippen LogP contribution in [0.5, 0.6) is 0 Å². The molecule has 0 aliphatic carbocycles. The van der Waals surface area contributed by atoms with Crippen LogP contribution in [0.1, 0.15) is 28.8 Å². The van der Waals surface area contributed by atoms with E-state index >= 15 is 0 Å². The summed E-state index contributed by atoms with van der Waals surface area (Å²) in [6.45, 7) is 3.72. The van der Waals surface area contributed by atoms with Gasteiger partial charge in [0.25, 0.3) is 5.91 Å². The van der Waals surface area contributed by atoms with Gasteiger partial charge in [-0.2, -0.15) is 0 Å². The Morgan fingerprint density at radius 1 is 1.44 bits per heavy atom. The number of carbonyl (C=O) groups excluding carboxylic acids is 1. The van der Waals surface area contributed by atoms with Crippen molar-refractivity contribution in [3.8, 4) is 0 Å². The second-order valence-electron chi connectivity index (χ2n) is 4.75. The molecule has 1 saturated heterocycles. The highest BCUT2D eigenvalue weighted by Gasteiger charge is 2.23. The van der Waals surface area contributed by atoms with Crippen molar-refractivity contribution >= 4 is 18.3 Å². The molecule has 1 unspecified atom stereocenters. The molecule has 1 aromatic carbocycles. The van der Waals surface area contributed by atoms with E-state index in [1.54, 1.807) is 0 Å². The number of likely N-dealkylation sites (tertiary alicyclic amines) is 1. The van der Waals surface area contributed by atoms with Crippen molar-refractivity contribution in [3.05, 3.63) is 35.4 Å². The molecule has 0 aromatic heterocycles. The van der Waals surface area contributed by atoms with Gasteiger partial charge in [0.05, 0.1) is 0 Å². The molecule has 1 fully saturated rings. The third kappa shape index (κ3) is 3.47. The highest BCUT2D eigenvalue weighted by atomic mass is 35.5. The lowest BCUT2D eigenvalue weighted by molar-refractivity contribution is 0.0698. The van der Waals surface area contributed by atoms with Gasteiger partial charge in [0.1, 0.15) is 0 Å². The standard InChI is InChI=1S/C14H20N2O.ClH/c1-11-5-3-6-12(9-11)14(17)16-8-4-7-13(10-16)15-2;/h3,5-6,9,13,15H,4,7-8,10H2,1-2H3;1H. The first kappa shape index (κ1) is 15.0. The van der Waals surface area contributed by atoms with Crippen LogP contribution in [0.4, 0.5) is 0 Å². The van der Waals surface area contributed by atoms with Crippen LogP contribution >= 0.6 is 12.4 Å². The third-order valence-corrected chi connectivity index (χ3v) is 3.38. The van der Waals surface area contributed by atoms with Crippen LogP contribution in [0, 0.1) is 6.92 Å². The van der Waals surface area contributed by atoms with Gasteiger partial charge in [-0.3, -0.25) is 4.79 Å². The predicted octanol–water partition coefficient (Wildman–Crippen LogP) is 2.24. The van der Waals surface area contributed by atoms with Crippen molar-refractivity contribution in [2.24, 2.45) is 0 Å². The smallest absolute Gasteiger partial charge is 0.253 e. The number of aryl methyl sites for hydroxylation is 1. The molecule has 100 valence electrons. The average Bonchev–Trinajstić information content (AvgIpc) is 2.38. The molecular formula is C14H21ClN2O. The Labute approximate surface area is 115 Å². The van der Waals surface area contributed by atoms with Crippen LogP contribution in [0.25, 0.3) is 0 Å². The Balaban J connectivity index is 0.00000162. The fraction of sp³-hybridized carbons (Fsp3) is 0.500. The van der Waals surface area contributed by atoms with E-state index in [1.165, 1.54) is 0 Å². The van der Waals surface area contributed by atoms with Crippen molar-refractivity contribution in [2.45, 2.75) is 25.8 Å². The van der Waals surface area contributed by atoms with Crippen LogP contribution in [0.3, 0.4) is 0 Å². The van der Waals surface area contributed by atoms with Gasteiger partial charge >= 0.3 is 0 Å². The molecule has 2 rings (SSSR count). The van der Waals surface area contributed by atoms with E-state index in [0.717, 1.165) is 37.1 Å². The van der Waals surface area contributed by atoms with Gasteiger partial charge < -0.3 is 10.2 Å². The lowest BCUT2D eigenvalue weighted by Crippen LogP contribution is -2.46. The SMILES string of the molecule is CNC1CCCN(C(=O)c2cccc(C)c2)C1.Cl. The first-order chi connectivity index (χ1) is 8.20. The summed E-state index contributed by atoms with van der Waals surface area (Å²) in [7, 11) is 1.96. The summed E-state index contributed by atoms with van der Waals surface area (Å²) in [5, 5.41) is 3.26. The van der Waals surface area contributed by atoms with Crippen molar-refractivity contribution in [3.63, 3.8) is 0 Å². The van der Waals surface area contributed by atoms with Crippen LogP contribution < -0.4 is 5.32 Å². The summed E-state index contributed by atoms with van der Waals surface area (Å²) in [6, 6.07) is 8.27. The van der Waals surface area contributed by atoms with E-state index in [0.29, 0.717) is 6.04 Å². The summed E-state index contributed by atoms with van der Waals surface area (Å²) >= 11 is 0. The fourth-order valence-electron chi connectivity index (χ4n) is 2.36. The zero-order valence-electron chi connectivity index (χ0n) is 11.0. The molecule has 0 spiro atoms. The minimum absolute atomic E-state index is 0. The Hall–Kier alpha value is -1.06. The highest BCUT2D eigenvalue weighted by Crippen LogP contribution is 2.14. The van der Waals surface area contributed by atoms with Gasteiger partial charge in [-0.05, 0) is 38.9 Å². The Morgan fingerprint density at radius 2 is 2.22 bits per heavy atom. The summed E-state index contributed by atoms with van der Waals surface area (Å²) in [5.74, 6) is 0.161. The van der Waals surface area contributed by atoms with Gasteiger partial charge in [-0.25, -0.2) is 0 Å². The van der Waals surface area contributed by atoms with Crippen LogP contribution in [0.15, 0.2) is 24.3 Å². The van der Waals surface area contributed by atoms with E-state index in [4.69, 9.17) is 0 Å². The minimum atomic E-state index is 0. The van der Waals surface area contributed by atoms with Crippen LogP contribution in [-0.2, 0) is 0 Å². The molecule has 1 N–H and O–H groups in total. The maximum absolute atomic E-state index is 12.3. The second kappa shape index (κ2) is 6.76. The normalized spacial score (nSPS) is 19.2. The number of carbonyl (C=O) groups is 1. The van der Waals surface area contributed by atoms with E-state index in [-0.39, 0.29) is 18.3 Å². The van der Waals surface area contributed by atoms with Crippen molar-refractivity contribution in [2.75, 3.05) is 20.1 Å². The van der Waals surface area contributed by atoms with Crippen LogP contribution in [-0.4, -0.2) is 37.0 Å². The van der Waals surface area contributed by atoms with E-state index in [1.807, 2.05) is 43.1 Å². The zero-order valence-corrected chi connectivity index (χ0v) is 11.8. The molecule has 18 heavy (non-hydrogen) atoms. The Kier molecular flexibility index (Phi) is 5.63. The Bertz CT molecular complexity index is 409. The molecule has 0 saturated carbocycles.